The summed E-state index contributed by atoms with van der Waals surface area (Å²) in [7, 11) is 0. The molecule has 1 aliphatic rings. The number of benzene rings is 2. The minimum atomic E-state index is -0.305. The maximum atomic E-state index is 13.6. The van der Waals surface area contributed by atoms with Crippen LogP contribution in [-0.2, 0) is 6.42 Å². The van der Waals surface area contributed by atoms with Crippen molar-refractivity contribution in [3.8, 4) is 11.4 Å². The molecule has 3 aromatic rings. The summed E-state index contributed by atoms with van der Waals surface area (Å²) in [5.74, 6) is 0.505. The lowest BCUT2D eigenvalue weighted by atomic mass is 9.96. The minimum absolute atomic E-state index is 0.252. The Morgan fingerprint density at radius 1 is 1.27 bits per heavy atom. The topological polar surface area (TPSA) is 57.7 Å². The minimum Gasteiger partial charge on any atom is -0.345 e. The predicted molar refractivity (Wildman–Crippen MR) is 99.3 cm³/mol. The Bertz CT molecular complexity index is 921. The Labute approximate surface area is 155 Å². The molecule has 5 nitrogen and oxygen atoms in total. The first-order valence-electron chi connectivity index (χ1n) is 8.35. The maximum absolute atomic E-state index is 13.6. The molecule has 7 heteroatoms. The van der Waals surface area contributed by atoms with E-state index in [1.165, 1.54) is 6.07 Å². The van der Waals surface area contributed by atoms with Crippen LogP contribution in [0.25, 0.3) is 11.4 Å². The Hall–Kier alpha value is -2.73. The first kappa shape index (κ1) is 16.7. The number of anilines is 1. The average molecular weight is 370 g/mol. The number of allylic oxidation sites excluding steroid dienone is 1. The van der Waals surface area contributed by atoms with E-state index < -0.39 is 0 Å². The van der Waals surface area contributed by atoms with Crippen LogP contribution in [0, 0.1) is 11.7 Å². The summed E-state index contributed by atoms with van der Waals surface area (Å²) >= 11 is 5.97. The van der Waals surface area contributed by atoms with Crippen LogP contribution in [0.15, 0.2) is 54.7 Å². The summed E-state index contributed by atoms with van der Waals surface area (Å²) in [5, 5.41) is 14.5. The van der Waals surface area contributed by atoms with Crippen LogP contribution < -0.4 is 4.90 Å². The largest absolute Gasteiger partial charge is 0.345 e. The van der Waals surface area contributed by atoms with E-state index in [-0.39, 0.29) is 11.7 Å². The van der Waals surface area contributed by atoms with Crippen molar-refractivity contribution in [1.29, 1.82) is 0 Å². The van der Waals surface area contributed by atoms with Gasteiger partial charge in [-0.15, -0.1) is 10.2 Å². The van der Waals surface area contributed by atoms with E-state index in [9.17, 15) is 4.39 Å². The van der Waals surface area contributed by atoms with E-state index in [1.54, 1.807) is 6.07 Å². The number of aromatic nitrogens is 4. The summed E-state index contributed by atoms with van der Waals surface area (Å²) in [6.07, 6.45) is 1.68. The zero-order valence-corrected chi connectivity index (χ0v) is 14.7. The van der Waals surface area contributed by atoms with Crippen molar-refractivity contribution < 1.29 is 4.39 Å². The molecule has 1 unspecified atom stereocenters. The molecule has 1 saturated heterocycles. The van der Waals surface area contributed by atoms with Gasteiger partial charge in [0.15, 0.2) is 0 Å². The van der Waals surface area contributed by atoms with Crippen LogP contribution in [0.4, 0.5) is 10.1 Å². The van der Waals surface area contributed by atoms with Gasteiger partial charge in [-0.3, -0.25) is 0 Å². The van der Waals surface area contributed by atoms with Crippen molar-refractivity contribution in [3.05, 3.63) is 71.1 Å². The van der Waals surface area contributed by atoms with Crippen molar-refractivity contribution in [2.24, 2.45) is 5.92 Å². The first-order valence-corrected chi connectivity index (χ1v) is 8.73. The van der Waals surface area contributed by atoms with Crippen molar-refractivity contribution in [2.45, 2.75) is 12.8 Å². The third kappa shape index (κ3) is 3.32. The highest BCUT2D eigenvalue weighted by atomic mass is 35.5. The number of hydrogen-bond acceptors (Lipinski definition) is 4. The third-order valence-corrected chi connectivity index (χ3v) is 4.90. The van der Waals surface area contributed by atoms with E-state index in [0.717, 1.165) is 41.9 Å². The number of H-pyrrole nitrogens is 1. The van der Waals surface area contributed by atoms with Gasteiger partial charge in [-0.1, -0.05) is 30.3 Å². The lowest BCUT2D eigenvalue weighted by Crippen LogP contribution is -2.17. The number of nitrogens with one attached hydrogen (secondary N) is 1. The lowest BCUT2D eigenvalue weighted by molar-refractivity contribution is 0.611. The second-order valence-electron chi connectivity index (χ2n) is 6.40. The van der Waals surface area contributed by atoms with Gasteiger partial charge in [0.25, 0.3) is 0 Å². The zero-order valence-electron chi connectivity index (χ0n) is 14.0. The number of rotatable bonds is 4. The fraction of sp³-hybridized carbons (Fsp3) is 0.211. The summed E-state index contributed by atoms with van der Waals surface area (Å²) in [4.78, 5) is 2.19. The molecule has 2 aromatic carbocycles. The van der Waals surface area contributed by atoms with Crippen molar-refractivity contribution in [2.75, 3.05) is 11.4 Å². The van der Waals surface area contributed by atoms with Gasteiger partial charge in [0.05, 0.1) is 0 Å². The Morgan fingerprint density at radius 2 is 2.15 bits per heavy atom. The molecule has 1 atom stereocenters. The van der Waals surface area contributed by atoms with Crippen LogP contribution in [0.3, 0.4) is 0 Å². The standard InChI is InChI=1S/C19H17ClFN5/c1-12-14(7-13-8-16(20)11-17(21)9-13)5-6-26(12)18-4-2-3-15(10-18)19-22-24-25-23-19/h2-4,8-11,14H,1,5-7H2,(H,22,23,24,25). The number of aromatic amines is 1. The van der Waals surface area contributed by atoms with E-state index in [2.05, 4.69) is 32.1 Å². The molecule has 2 heterocycles. The zero-order chi connectivity index (χ0) is 18.1. The van der Waals surface area contributed by atoms with Crippen molar-refractivity contribution >= 4 is 17.3 Å². The van der Waals surface area contributed by atoms with Gasteiger partial charge in [-0.2, -0.15) is 5.21 Å². The van der Waals surface area contributed by atoms with Gasteiger partial charge >= 0.3 is 0 Å². The van der Waals surface area contributed by atoms with Gasteiger partial charge in [-0.25, -0.2) is 4.39 Å². The molecule has 26 heavy (non-hydrogen) atoms. The second kappa shape index (κ2) is 6.88. The molecular weight excluding hydrogens is 353 g/mol. The van der Waals surface area contributed by atoms with Gasteiger partial charge in [-0.05, 0) is 54.0 Å². The Morgan fingerprint density at radius 3 is 2.92 bits per heavy atom. The molecule has 0 bridgehead atoms. The molecule has 0 spiro atoms. The van der Waals surface area contributed by atoms with E-state index in [1.807, 2.05) is 30.3 Å². The van der Waals surface area contributed by atoms with Gasteiger partial charge in [0.2, 0.25) is 5.82 Å². The molecule has 1 aromatic heterocycles. The molecule has 1 N–H and O–H groups in total. The number of nitrogens with zero attached hydrogens (tertiary/aromatic N) is 4. The van der Waals surface area contributed by atoms with E-state index in [0.29, 0.717) is 10.8 Å². The van der Waals surface area contributed by atoms with Gasteiger partial charge in [0.1, 0.15) is 5.82 Å². The number of hydrogen-bond donors (Lipinski definition) is 1. The Balaban J connectivity index is 1.53. The SMILES string of the molecule is C=C1C(Cc2cc(F)cc(Cl)c2)CCN1c1cccc(-c2nn[nH]n2)c1. The molecule has 4 rings (SSSR count). The van der Waals surface area contributed by atoms with Crippen LogP contribution in [0.1, 0.15) is 12.0 Å². The summed E-state index contributed by atoms with van der Waals surface area (Å²) in [5.41, 5.74) is 3.85. The molecule has 0 aliphatic carbocycles. The number of halogens is 2. The average Bonchev–Trinajstić information content (AvgIpc) is 3.25. The highest BCUT2D eigenvalue weighted by Gasteiger charge is 2.27. The van der Waals surface area contributed by atoms with Crippen LogP contribution in [-0.4, -0.2) is 27.2 Å². The Kier molecular flexibility index (Phi) is 4.42. The molecule has 0 amide bonds. The summed E-state index contributed by atoms with van der Waals surface area (Å²) < 4.78 is 13.6. The smallest absolute Gasteiger partial charge is 0.204 e. The normalized spacial score (nSPS) is 17.1. The molecule has 1 aliphatic heterocycles. The fourth-order valence-corrected chi connectivity index (χ4v) is 3.69. The predicted octanol–water partition coefficient (Wildman–Crippen LogP) is 4.24. The number of tetrazole rings is 1. The van der Waals surface area contributed by atoms with Gasteiger partial charge in [0, 0.05) is 34.4 Å². The molecule has 132 valence electrons. The summed E-state index contributed by atoms with van der Waals surface area (Å²) in [6.45, 7) is 5.14. The van der Waals surface area contributed by atoms with Crippen molar-refractivity contribution in [1.82, 2.24) is 20.6 Å². The molecular formula is C19H17ClFN5. The second-order valence-corrected chi connectivity index (χ2v) is 6.83. The van der Waals surface area contributed by atoms with Crippen LogP contribution in [0.2, 0.25) is 5.02 Å². The molecule has 0 saturated carbocycles. The monoisotopic (exact) mass is 369 g/mol. The maximum Gasteiger partial charge on any atom is 0.204 e. The van der Waals surface area contributed by atoms with Crippen LogP contribution >= 0.6 is 11.6 Å². The van der Waals surface area contributed by atoms with Crippen LogP contribution in [0.5, 0.6) is 0 Å². The highest BCUT2D eigenvalue weighted by molar-refractivity contribution is 6.30. The molecule has 1 fully saturated rings. The summed E-state index contributed by atoms with van der Waals surface area (Å²) in [6, 6.07) is 12.7. The quantitative estimate of drug-likeness (QED) is 0.747. The highest BCUT2D eigenvalue weighted by Crippen LogP contribution is 2.35. The van der Waals surface area contributed by atoms with Crippen molar-refractivity contribution in [3.63, 3.8) is 0 Å². The van der Waals surface area contributed by atoms with E-state index >= 15 is 0 Å². The van der Waals surface area contributed by atoms with Gasteiger partial charge < -0.3 is 4.90 Å². The molecule has 0 radical (unpaired) electrons. The lowest BCUT2D eigenvalue weighted by Gasteiger charge is -2.22. The third-order valence-electron chi connectivity index (χ3n) is 4.68. The first-order chi connectivity index (χ1) is 12.6. The fourth-order valence-electron chi connectivity index (χ4n) is 3.44. The van der Waals surface area contributed by atoms with E-state index in [4.69, 9.17) is 11.6 Å².